The summed E-state index contributed by atoms with van der Waals surface area (Å²) >= 11 is 0. The van der Waals surface area contributed by atoms with Crippen molar-refractivity contribution < 1.29 is 0 Å². The lowest BCUT2D eigenvalue weighted by Crippen LogP contribution is -2.33. The summed E-state index contributed by atoms with van der Waals surface area (Å²) in [6, 6.07) is 9.22. The second-order valence-electron chi connectivity index (χ2n) is 7.32. The third kappa shape index (κ3) is 6.49. The average Bonchev–Trinajstić information content (AvgIpc) is 2.51. The van der Waals surface area contributed by atoms with Crippen molar-refractivity contribution in [2.75, 3.05) is 13.1 Å². The van der Waals surface area contributed by atoms with Gasteiger partial charge in [0.05, 0.1) is 6.04 Å². The highest BCUT2D eigenvalue weighted by Gasteiger charge is 2.22. The molecule has 0 spiro atoms. The molecule has 1 rings (SSSR count). The second-order valence-corrected chi connectivity index (χ2v) is 7.32. The molecule has 0 saturated heterocycles. The van der Waals surface area contributed by atoms with Crippen LogP contribution in [0.2, 0.25) is 0 Å². The van der Waals surface area contributed by atoms with Gasteiger partial charge < -0.3 is 0 Å². The smallest absolute Gasteiger partial charge is 0.0601 e. The minimum absolute atomic E-state index is 0.265. The van der Waals surface area contributed by atoms with Crippen molar-refractivity contribution in [2.24, 2.45) is 5.92 Å². The fourth-order valence-electron chi connectivity index (χ4n) is 2.98. The molecule has 1 atom stereocenters. The maximum atomic E-state index is 4.10. The topological polar surface area (TPSA) is 3.24 Å². The molecule has 1 heteroatoms. The van der Waals surface area contributed by atoms with Gasteiger partial charge in [-0.3, -0.25) is 4.90 Å². The Morgan fingerprint density at radius 1 is 1.12 bits per heavy atom. The van der Waals surface area contributed by atoms with Gasteiger partial charge in [0.15, 0.2) is 0 Å². The van der Waals surface area contributed by atoms with E-state index >= 15 is 0 Å². The Kier molecular flexibility index (Phi) is 8.78. The summed E-state index contributed by atoms with van der Waals surface area (Å²) in [6.07, 6.45) is 7.60. The second kappa shape index (κ2) is 10.3. The first-order chi connectivity index (χ1) is 11.4. The maximum absolute atomic E-state index is 4.10. The standard InChI is InChI=1S/C23H35N/c1-8-16-24(17-19(5)6)23(21(9-2)13-10-18(3)4)22-14-11-20(7)12-15-22/h9-15,19,23H,2,8,16-17H2,1,3-7H3/b21-13+. The van der Waals surface area contributed by atoms with Crippen LogP contribution >= 0.6 is 0 Å². The van der Waals surface area contributed by atoms with E-state index in [0.717, 1.165) is 19.5 Å². The minimum atomic E-state index is 0.265. The van der Waals surface area contributed by atoms with Crippen molar-refractivity contribution in [3.8, 4) is 0 Å². The quantitative estimate of drug-likeness (QED) is 0.469. The zero-order valence-electron chi connectivity index (χ0n) is 16.5. The monoisotopic (exact) mass is 325 g/mol. The van der Waals surface area contributed by atoms with E-state index in [0.29, 0.717) is 5.92 Å². The van der Waals surface area contributed by atoms with Crippen LogP contribution < -0.4 is 0 Å². The van der Waals surface area contributed by atoms with Crippen LogP contribution in [0.1, 0.15) is 58.2 Å². The van der Waals surface area contributed by atoms with E-state index in [1.165, 1.54) is 22.3 Å². The van der Waals surface area contributed by atoms with E-state index in [9.17, 15) is 0 Å². The van der Waals surface area contributed by atoms with Crippen LogP contribution in [0, 0.1) is 12.8 Å². The average molecular weight is 326 g/mol. The summed E-state index contributed by atoms with van der Waals surface area (Å²) in [4.78, 5) is 2.60. The lowest BCUT2D eigenvalue weighted by Gasteiger charge is -2.34. The Bertz CT molecular complexity index is 556. The van der Waals surface area contributed by atoms with Gasteiger partial charge in [-0.05, 0) is 50.8 Å². The molecule has 132 valence electrons. The van der Waals surface area contributed by atoms with Gasteiger partial charge in [-0.2, -0.15) is 0 Å². The first-order valence-corrected chi connectivity index (χ1v) is 9.17. The Morgan fingerprint density at radius 3 is 2.21 bits per heavy atom. The lowest BCUT2D eigenvalue weighted by atomic mass is 9.94. The molecule has 0 radical (unpaired) electrons. The molecule has 0 saturated carbocycles. The van der Waals surface area contributed by atoms with Crippen LogP contribution in [0.25, 0.3) is 0 Å². The number of allylic oxidation sites excluding steroid dienone is 3. The van der Waals surface area contributed by atoms with Crippen LogP contribution in [0.4, 0.5) is 0 Å². The van der Waals surface area contributed by atoms with Crippen LogP contribution in [-0.4, -0.2) is 18.0 Å². The van der Waals surface area contributed by atoms with E-state index in [1.54, 1.807) is 0 Å². The van der Waals surface area contributed by atoms with Gasteiger partial charge in [-0.1, -0.05) is 81.0 Å². The van der Waals surface area contributed by atoms with Gasteiger partial charge in [-0.15, -0.1) is 0 Å². The number of hydrogen-bond acceptors (Lipinski definition) is 1. The summed E-state index contributed by atoms with van der Waals surface area (Å²) in [5.41, 5.74) is 5.23. The fourth-order valence-corrected chi connectivity index (χ4v) is 2.98. The summed E-state index contributed by atoms with van der Waals surface area (Å²) < 4.78 is 0. The predicted molar refractivity (Wildman–Crippen MR) is 108 cm³/mol. The molecule has 0 aromatic heterocycles. The van der Waals surface area contributed by atoms with Crippen molar-refractivity contribution in [3.05, 3.63) is 71.3 Å². The summed E-state index contributed by atoms with van der Waals surface area (Å²) in [6.45, 7) is 19.5. The van der Waals surface area contributed by atoms with Gasteiger partial charge in [0, 0.05) is 6.54 Å². The predicted octanol–water partition coefficient (Wildman–Crippen LogP) is 6.48. The zero-order chi connectivity index (χ0) is 18.1. The molecule has 0 N–H and O–H groups in total. The molecule has 1 unspecified atom stereocenters. The SMILES string of the molecule is C=C/C(=C\C=C(C)C)C(c1ccc(C)cc1)N(CCC)CC(C)C. The molecule has 0 amide bonds. The normalized spacial score (nSPS) is 13.2. The van der Waals surface area contributed by atoms with E-state index < -0.39 is 0 Å². The molecule has 0 bridgehead atoms. The Morgan fingerprint density at radius 2 is 1.75 bits per heavy atom. The Hall–Kier alpha value is -1.60. The zero-order valence-corrected chi connectivity index (χ0v) is 16.5. The number of nitrogens with zero attached hydrogens (tertiary/aromatic N) is 1. The van der Waals surface area contributed by atoms with E-state index in [2.05, 4.69) is 89.4 Å². The molecule has 0 aliphatic heterocycles. The van der Waals surface area contributed by atoms with Gasteiger partial charge in [0.2, 0.25) is 0 Å². The van der Waals surface area contributed by atoms with E-state index in [4.69, 9.17) is 0 Å². The number of aryl methyl sites for hydroxylation is 1. The van der Waals surface area contributed by atoms with Crippen molar-refractivity contribution in [1.29, 1.82) is 0 Å². The van der Waals surface area contributed by atoms with Gasteiger partial charge >= 0.3 is 0 Å². The number of rotatable bonds is 9. The van der Waals surface area contributed by atoms with Crippen molar-refractivity contribution in [2.45, 2.75) is 54.0 Å². The molecule has 0 aliphatic carbocycles. The molecule has 0 aliphatic rings. The van der Waals surface area contributed by atoms with Gasteiger partial charge in [-0.25, -0.2) is 0 Å². The van der Waals surface area contributed by atoms with Crippen molar-refractivity contribution in [1.82, 2.24) is 4.90 Å². The van der Waals surface area contributed by atoms with E-state index in [-0.39, 0.29) is 6.04 Å². The third-order valence-corrected chi connectivity index (χ3v) is 4.03. The molecule has 1 aromatic carbocycles. The molecule has 24 heavy (non-hydrogen) atoms. The molecule has 0 fully saturated rings. The summed E-state index contributed by atoms with van der Waals surface area (Å²) in [5.74, 6) is 0.638. The highest BCUT2D eigenvalue weighted by molar-refractivity contribution is 5.37. The van der Waals surface area contributed by atoms with E-state index in [1.807, 2.05) is 6.08 Å². The third-order valence-electron chi connectivity index (χ3n) is 4.03. The van der Waals surface area contributed by atoms with Crippen molar-refractivity contribution in [3.63, 3.8) is 0 Å². The molecule has 1 nitrogen and oxygen atoms in total. The van der Waals surface area contributed by atoms with Crippen LogP contribution in [0.5, 0.6) is 0 Å². The largest absolute Gasteiger partial charge is 0.292 e. The molecule has 0 heterocycles. The highest BCUT2D eigenvalue weighted by atomic mass is 15.2. The first kappa shape index (κ1) is 20.4. The van der Waals surface area contributed by atoms with Gasteiger partial charge in [0.25, 0.3) is 0 Å². The number of hydrogen-bond donors (Lipinski definition) is 0. The van der Waals surface area contributed by atoms with Crippen LogP contribution in [0.3, 0.4) is 0 Å². The minimum Gasteiger partial charge on any atom is -0.292 e. The molecular weight excluding hydrogens is 290 g/mol. The van der Waals surface area contributed by atoms with Crippen LogP contribution in [-0.2, 0) is 0 Å². The lowest BCUT2D eigenvalue weighted by molar-refractivity contribution is 0.200. The molecule has 1 aromatic rings. The summed E-state index contributed by atoms with van der Waals surface area (Å²) in [7, 11) is 0. The van der Waals surface area contributed by atoms with Gasteiger partial charge in [0.1, 0.15) is 0 Å². The fraction of sp³-hybridized carbons (Fsp3) is 0.478. The Labute approximate surface area is 149 Å². The van der Waals surface area contributed by atoms with Crippen LogP contribution in [0.15, 0.2) is 60.2 Å². The molecular formula is C23H35N. The summed E-state index contributed by atoms with van der Waals surface area (Å²) in [5, 5.41) is 0. The first-order valence-electron chi connectivity index (χ1n) is 9.17. The number of benzene rings is 1. The van der Waals surface area contributed by atoms with Crippen molar-refractivity contribution >= 4 is 0 Å². The Balaban J connectivity index is 3.36. The highest BCUT2D eigenvalue weighted by Crippen LogP contribution is 2.31. The maximum Gasteiger partial charge on any atom is 0.0601 e.